The molecule has 4 rings (SSSR count). The lowest BCUT2D eigenvalue weighted by molar-refractivity contribution is 0.287. The lowest BCUT2D eigenvalue weighted by atomic mass is 9.82. The Bertz CT molecular complexity index is 715. The maximum Gasteiger partial charge on any atom is 0.0551 e. The smallest absolute Gasteiger partial charge is 0.0551 e. The molecule has 1 aliphatic heterocycles. The molecule has 0 saturated carbocycles. The van der Waals surface area contributed by atoms with Crippen LogP contribution in [-0.4, -0.2) is 29.5 Å². The molecule has 1 aromatic carbocycles. The van der Waals surface area contributed by atoms with Crippen molar-refractivity contribution in [3.63, 3.8) is 0 Å². The Morgan fingerprint density at radius 1 is 1.04 bits per heavy atom. The minimum Gasteiger partial charge on any atom is -0.299 e. The van der Waals surface area contributed by atoms with Crippen LogP contribution in [0.1, 0.15) is 54.5 Å². The van der Waals surface area contributed by atoms with Crippen LogP contribution in [0.25, 0.3) is 0 Å². The molecular weight excluding hydrogens is 304 g/mol. The first-order valence-corrected chi connectivity index (χ1v) is 9.79. The van der Waals surface area contributed by atoms with Crippen molar-refractivity contribution >= 4 is 0 Å². The van der Waals surface area contributed by atoms with E-state index in [0.29, 0.717) is 5.92 Å². The monoisotopic (exact) mass is 332 g/mol. The summed E-state index contributed by atoms with van der Waals surface area (Å²) in [7, 11) is 0. The average Bonchev–Trinajstić information content (AvgIpc) is 2.84. The van der Waals surface area contributed by atoms with Crippen LogP contribution in [0.4, 0.5) is 0 Å². The molecule has 25 heavy (non-hydrogen) atoms. The van der Waals surface area contributed by atoms with Gasteiger partial charge in [0.2, 0.25) is 0 Å². The molecule has 2 aliphatic rings. The predicted molar refractivity (Wildman–Crippen MR) is 104 cm³/mol. The summed E-state index contributed by atoms with van der Waals surface area (Å²) in [6, 6.07) is 13.4. The molecule has 1 aliphatic carbocycles. The molecule has 0 bridgehead atoms. The lowest BCUT2D eigenvalue weighted by Crippen LogP contribution is -2.31. The van der Waals surface area contributed by atoms with E-state index in [1.165, 1.54) is 54.7 Å². The maximum absolute atomic E-state index is 4.85. The third-order valence-electron chi connectivity index (χ3n) is 5.76. The Hall–Kier alpha value is -1.93. The van der Waals surface area contributed by atoms with E-state index in [1.54, 1.807) is 5.57 Å². The van der Waals surface area contributed by atoms with Gasteiger partial charge in [0.15, 0.2) is 0 Å². The zero-order valence-electron chi connectivity index (χ0n) is 15.2. The average molecular weight is 332 g/mol. The van der Waals surface area contributed by atoms with Crippen molar-refractivity contribution in [1.82, 2.24) is 9.88 Å². The van der Waals surface area contributed by atoms with Gasteiger partial charge in [0.25, 0.3) is 0 Å². The van der Waals surface area contributed by atoms with Gasteiger partial charge in [-0.05, 0) is 55.0 Å². The van der Waals surface area contributed by atoms with Crippen molar-refractivity contribution in [3.05, 3.63) is 76.6 Å². The van der Waals surface area contributed by atoms with Gasteiger partial charge in [-0.1, -0.05) is 55.3 Å². The number of aromatic nitrogens is 1. The van der Waals surface area contributed by atoms with Crippen molar-refractivity contribution in [2.75, 3.05) is 19.6 Å². The Balaban J connectivity index is 1.70. The van der Waals surface area contributed by atoms with Gasteiger partial charge in [0.1, 0.15) is 0 Å². The van der Waals surface area contributed by atoms with E-state index < -0.39 is 0 Å². The summed E-state index contributed by atoms with van der Waals surface area (Å²) in [5.74, 6) is 0.350. The van der Waals surface area contributed by atoms with Crippen LogP contribution in [0.3, 0.4) is 0 Å². The quantitative estimate of drug-likeness (QED) is 0.752. The van der Waals surface area contributed by atoms with Crippen LogP contribution >= 0.6 is 0 Å². The molecule has 2 heterocycles. The van der Waals surface area contributed by atoms with E-state index in [0.717, 1.165) is 19.4 Å². The number of benzene rings is 1. The van der Waals surface area contributed by atoms with Gasteiger partial charge >= 0.3 is 0 Å². The molecule has 0 N–H and O–H groups in total. The first-order valence-electron chi connectivity index (χ1n) is 9.79. The molecule has 2 aromatic rings. The Labute approximate surface area is 151 Å². The summed E-state index contributed by atoms with van der Waals surface area (Å²) in [5.41, 5.74) is 7.27. The SMILES string of the molecule is CCCCN1CC=C(C2c3ccccc3CCc3cccnc32)CC1. The van der Waals surface area contributed by atoms with Crippen molar-refractivity contribution < 1.29 is 0 Å². The second kappa shape index (κ2) is 7.53. The van der Waals surface area contributed by atoms with Crippen molar-refractivity contribution in [3.8, 4) is 0 Å². The number of rotatable bonds is 4. The molecule has 0 radical (unpaired) electrons. The normalized spacial score (nSPS) is 20.4. The van der Waals surface area contributed by atoms with Gasteiger partial charge in [0, 0.05) is 25.2 Å². The molecular formula is C23H28N2. The molecule has 2 heteroatoms. The van der Waals surface area contributed by atoms with Crippen LogP contribution in [0, 0.1) is 0 Å². The minimum atomic E-state index is 0.350. The number of fused-ring (bicyclic) bond motifs is 2. The number of unbranched alkanes of at least 4 members (excludes halogenated alkanes) is 1. The van der Waals surface area contributed by atoms with Crippen molar-refractivity contribution in [2.24, 2.45) is 0 Å². The molecule has 0 fully saturated rings. The minimum absolute atomic E-state index is 0.350. The summed E-state index contributed by atoms with van der Waals surface area (Å²) < 4.78 is 0. The van der Waals surface area contributed by atoms with E-state index in [9.17, 15) is 0 Å². The van der Waals surface area contributed by atoms with Crippen LogP contribution in [0.5, 0.6) is 0 Å². The van der Waals surface area contributed by atoms with E-state index in [2.05, 4.69) is 54.3 Å². The third kappa shape index (κ3) is 3.41. The zero-order valence-corrected chi connectivity index (χ0v) is 15.2. The highest BCUT2D eigenvalue weighted by atomic mass is 15.1. The lowest BCUT2D eigenvalue weighted by Gasteiger charge is -2.30. The fourth-order valence-corrected chi connectivity index (χ4v) is 4.33. The summed E-state index contributed by atoms with van der Waals surface area (Å²) in [5, 5.41) is 0. The Morgan fingerprint density at radius 3 is 2.72 bits per heavy atom. The Morgan fingerprint density at radius 2 is 1.88 bits per heavy atom. The fourth-order valence-electron chi connectivity index (χ4n) is 4.33. The van der Waals surface area contributed by atoms with Crippen molar-refractivity contribution in [2.45, 2.75) is 44.9 Å². The summed E-state index contributed by atoms with van der Waals surface area (Å²) in [6.07, 6.45) is 10.4. The number of hydrogen-bond donors (Lipinski definition) is 0. The van der Waals surface area contributed by atoms with E-state index in [-0.39, 0.29) is 0 Å². The topological polar surface area (TPSA) is 16.1 Å². The molecule has 0 amide bonds. The van der Waals surface area contributed by atoms with Gasteiger partial charge in [-0.25, -0.2) is 0 Å². The zero-order chi connectivity index (χ0) is 17.1. The highest BCUT2D eigenvalue weighted by Crippen LogP contribution is 2.39. The molecule has 2 nitrogen and oxygen atoms in total. The second-order valence-corrected chi connectivity index (χ2v) is 7.36. The van der Waals surface area contributed by atoms with E-state index in [4.69, 9.17) is 4.98 Å². The fraction of sp³-hybridized carbons (Fsp3) is 0.435. The maximum atomic E-state index is 4.85. The van der Waals surface area contributed by atoms with Gasteiger partial charge in [0.05, 0.1) is 5.69 Å². The number of hydrogen-bond acceptors (Lipinski definition) is 2. The van der Waals surface area contributed by atoms with Gasteiger partial charge < -0.3 is 0 Å². The predicted octanol–water partition coefficient (Wildman–Crippen LogP) is 4.74. The van der Waals surface area contributed by atoms with Crippen molar-refractivity contribution in [1.29, 1.82) is 0 Å². The van der Waals surface area contributed by atoms with E-state index >= 15 is 0 Å². The first kappa shape index (κ1) is 16.5. The molecule has 130 valence electrons. The number of nitrogens with zero attached hydrogens (tertiary/aromatic N) is 2. The molecule has 1 unspecified atom stereocenters. The van der Waals surface area contributed by atoms with Gasteiger partial charge in [-0.2, -0.15) is 0 Å². The summed E-state index contributed by atoms with van der Waals surface area (Å²) in [4.78, 5) is 7.44. The molecule has 1 aromatic heterocycles. The summed E-state index contributed by atoms with van der Waals surface area (Å²) in [6.45, 7) is 5.79. The van der Waals surface area contributed by atoms with Crippen LogP contribution < -0.4 is 0 Å². The third-order valence-corrected chi connectivity index (χ3v) is 5.76. The molecule has 0 spiro atoms. The standard InChI is InChI=1S/C23H28N2/c1-2-3-15-25-16-12-19(13-17-25)22-21-9-5-4-7-18(21)10-11-20-8-6-14-24-23(20)22/h4-9,12,14,22H,2-3,10-11,13,15-17H2,1H3. The van der Waals surface area contributed by atoms with Crippen LogP contribution in [-0.2, 0) is 12.8 Å². The van der Waals surface area contributed by atoms with E-state index in [1.807, 2.05) is 6.20 Å². The number of aryl methyl sites for hydroxylation is 2. The van der Waals surface area contributed by atoms with Gasteiger partial charge in [-0.3, -0.25) is 9.88 Å². The highest BCUT2D eigenvalue weighted by Gasteiger charge is 2.28. The molecule has 1 atom stereocenters. The van der Waals surface area contributed by atoms with Gasteiger partial charge in [-0.15, -0.1) is 0 Å². The largest absolute Gasteiger partial charge is 0.299 e. The Kier molecular flexibility index (Phi) is 4.98. The summed E-state index contributed by atoms with van der Waals surface area (Å²) >= 11 is 0. The van der Waals surface area contributed by atoms with Crippen LogP contribution in [0.2, 0.25) is 0 Å². The first-order chi connectivity index (χ1) is 12.4. The molecule has 0 saturated heterocycles. The second-order valence-electron chi connectivity index (χ2n) is 7.36. The number of pyridine rings is 1. The highest BCUT2D eigenvalue weighted by molar-refractivity contribution is 5.48. The van der Waals surface area contributed by atoms with Crippen LogP contribution in [0.15, 0.2) is 54.2 Å².